The molecule has 198 valence electrons. The molecule has 5 rings (SSSR count). The summed E-state index contributed by atoms with van der Waals surface area (Å²) in [6.45, 7) is 2.21. The lowest BCUT2D eigenvalue weighted by Gasteiger charge is -2.00. The highest BCUT2D eigenvalue weighted by molar-refractivity contribution is 8.76. The van der Waals surface area contributed by atoms with Crippen molar-refractivity contribution in [3.05, 3.63) is 108 Å². The summed E-state index contributed by atoms with van der Waals surface area (Å²) in [5.74, 6) is 3.46. The minimum atomic E-state index is -0.114. The standard InChI is InChI=1S/C31H28N2O4S2/c34-28-7-5-26(21-29(28)35)3-1-24-9-13-32(14-10-24)17-19-38-39-20-18-33-15-11-25(12-16-33)2-4-27-6-8-30-31(22-27)37-23-36-30/h1-16,21-22H,17-20,23H2/p+2/b4-2+. The Morgan fingerprint density at radius 1 is 0.590 bits per heavy atom. The minimum Gasteiger partial charge on any atom is -0.504 e. The largest absolute Gasteiger partial charge is 0.504 e. The molecule has 4 aromatic rings. The van der Waals surface area contributed by atoms with Crippen LogP contribution in [0, 0.1) is 0 Å². The molecule has 2 aromatic heterocycles. The Morgan fingerprint density at radius 2 is 1.10 bits per heavy atom. The number of aromatic nitrogens is 2. The first kappa shape index (κ1) is 26.7. The summed E-state index contributed by atoms with van der Waals surface area (Å²) in [4.78, 5) is 0. The number of pyridine rings is 2. The first-order valence-electron chi connectivity index (χ1n) is 12.6. The predicted octanol–water partition coefficient (Wildman–Crippen LogP) is 5.82. The molecule has 0 aliphatic carbocycles. The Kier molecular flexibility index (Phi) is 9.09. The van der Waals surface area contributed by atoms with E-state index in [1.54, 1.807) is 12.1 Å². The van der Waals surface area contributed by atoms with Crippen LogP contribution in [0.5, 0.6) is 23.0 Å². The molecule has 0 spiro atoms. The number of hydrogen-bond acceptors (Lipinski definition) is 6. The second-order valence-corrected chi connectivity index (χ2v) is 11.6. The van der Waals surface area contributed by atoms with Crippen LogP contribution in [0.2, 0.25) is 0 Å². The first-order chi connectivity index (χ1) is 19.1. The van der Waals surface area contributed by atoms with Gasteiger partial charge in [0.05, 0.1) is 11.5 Å². The van der Waals surface area contributed by atoms with E-state index in [2.05, 4.69) is 70.3 Å². The number of rotatable bonds is 11. The molecule has 0 saturated carbocycles. The van der Waals surface area contributed by atoms with Gasteiger partial charge in [-0.1, -0.05) is 58.0 Å². The molecular weight excluding hydrogens is 528 g/mol. The van der Waals surface area contributed by atoms with Crippen molar-refractivity contribution in [3.63, 3.8) is 0 Å². The Labute approximate surface area is 236 Å². The maximum Gasteiger partial charge on any atom is 0.231 e. The number of fused-ring (bicyclic) bond motifs is 1. The van der Waals surface area contributed by atoms with Gasteiger partial charge in [-0.2, -0.15) is 0 Å². The molecule has 0 amide bonds. The zero-order valence-corrected chi connectivity index (χ0v) is 23.0. The van der Waals surface area contributed by atoms with Gasteiger partial charge in [0.1, 0.15) is 0 Å². The van der Waals surface area contributed by atoms with Crippen LogP contribution in [-0.4, -0.2) is 28.5 Å². The van der Waals surface area contributed by atoms with Crippen molar-refractivity contribution < 1.29 is 28.8 Å². The molecule has 3 heterocycles. The average molecular weight is 559 g/mol. The third-order valence-electron chi connectivity index (χ3n) is 6.12. The molecule has 2 N–H and O–H groups in total. The smallest absolute Gasteiger partial charge is 0.231 e. The van der Waals surface area contributed by atoms with Gasteiger partial charge in [-0.15, -0.1) is 0 Å². The van der Waals surface area contributed by atoms with E-state index in [1.807, 2.05) is 51.9 Å². The van der Waals surface area contributed by atoms with Gasteiger partial charge in [-0.25, -0.2) is 9.13 Å². The molecule has 6 nitrogen and oxygen atoms in total. The normalized spacial score (nSPS) is 12.5. The van der Waals surface area contributed by atoms with Crippen molar-refractivity contribution in [2.75, 3.05) is 18.3 Å². The van der Waals surface area contributed by atoms with E-state index >= 15 is 0 Å². The molecule has 39 heavy (non-hydrogen) atoms. The van der Waals surface area contributed by atoms with E-state index in [4.69, 9.17) is 9.47 Å². The average Bonchev–Trinajstić information content (AvgIpc) is 3.44. The lowest BCUT2D eigenvalue weighted by molar-refractivity contribution is -0.692. The molecule has 1 aliphatic rings. The Morgan fingerprint density at radius 3 is 1.69 bits per heavy atom. The van der Waals surface area contributed by atoms with E-state index < -0.39 is 0 Å². The van der Waals surface area contributed by atoms with Crippen molar-refractivity contribution in [3.8, 4) is 23.0 Å². The van der Waals surface area contributed by atoms with Crippen LogP contribution in [0.25, 0.3) is 24.3 Å². The highest BCUT2D eigenvalue weighted by Crippen LogP contribution is 2.33. The van der Waals surface area contributed by atoms with Crippen LogP contribution in [0.1, 0.15) is 22.3 Å². The summed E-state index contributed by atoms with van der Waals surface area (Å²) in [6.07, 6.45) is 16.5. The molecule has 0 saturated heterocycles. The molecule has 0 atom stereocenters. The number of phenols is 2. The first-order valence-corrected chi connectivity index (χ1v) is 15.1. The maximum absolute atomic E-state index is 9.61. The molecule has 2 aromatic carbocycles. The number of aryl methyl sites for hydroxylation is 2. The van der Waals surface area contributed by atoms with Crippen LogP contribution in [0.3, 0.4) is 0 Å². The third kappa shape index (κ3) is 7.81. The van der Waals surface area contributed by atoms with Gasteiger partial charge in [-0.05, 0) is 46.5 Å². The number of ether oxygens (including phenoxy) is 2. The molecule has 0 bridgehead atoms. The zero-order chi connectivity index (χ0) is 26.9. The van der Waals surface area contributed by atoms with Gasteiger partial charge >= 0.3 is 0 Å². The molecule has 8 heteroatoms. The van der Waals surface area contributed by atoms with Gasteiger partial charge in [0.2, 0.25) is 6.79 Å². The van der Waals surface area contributed by atoms with Gasteiger partial charge < -0.3 is 19.7 Å². The molecule has 0 unspecified atom stereocenters. The summed E-state index contributed by atoms with van der Waals surface area (Å²) in [5, 5.41) is 19.0. The van der Waals surface area contributed by atoms with Crippen LogP contribution in [0.4, 0.5) is 0 Å². The minimum absolute atomic E-state index is 0.111. The van der Waals surface area contributed by atoms with E-state index in [0.717, 1.165) is 58.3 Å². The Balaban J connectivity index is 0.987. The highest BCUT2D eigenvalue weighted by Gasteiger charge is 2.12. The van der Waals surface area contributed by atoms with Gasteiger partial charge in [0.15, 0.2) is 60.9 Å². The van der Waals surface area contributed by atoms with Crippen molar-refractivity contribution in [1.82, 2.24) is 0 Å². The van der Waals surface area contributed by atoms with Gasteiger partial charge in [-0.3, -0.25) is 0 Å². The fourth-order valence-corrected chi connectivity index (χ4v) is 5.87. The molecule has 0 fully saturated rings. The fourth-order valence-electron chi connectivity index (χ4n) is 3.91. The van der Waals surface area contributed by atoms with Crippen LogP contribution in [-0.2, 0) is 13.1 Å². The van der Waals surface area contributed by atoms with Crippen molar-refractivity contribution in [1.29, 1.82) is 0 Å². The zero-order valence-electron chi connectivity index (χ0n) is 21.3. The van der Waals surface area contributed by atoms with Gasteiger partial charge in [0, 0.05) is 24.3 Å². The lowest BCUT2D eigenvalue weighted by atomic mass is 10.1. The number of benzene rings is 2. The Hall–Kier alpha value is -3.88. The maximum atomic E-state index is 9.61. The molecule has 1 aliphatic heterocycles. The van der Waals surface area contributed by atoms with E-state index in [0.29, 0.717) is 6.79 Å². The number of aromatic hydroxyl groups is 2. The second kappa shape index (κ2) is 13.3. The second-order valence-electron chi connectivity index (χ2n) is 8.91. The summed E-state index contributed by atoms with van der Waals surface area (Å²) < 4.78 is 15.2. The summed E-state index contributed by atoms with van der Waals surface area (Å²) in [5.41, 5.74) is 4.15. The fraction of sp³-hybridized carbons (Fsp3) is 0.161. The SMILES string of the molecule is Oc1ccc(/C=C/c2cc[n+](CCSSCC[n+]3ccc(/C=C/c4ccc5c(c4)OCO5)cc3)cc2)cc1O. The van der Waals surface area contributed by atoms with Crippen molar-refractivity contribution in [2.24, 2.45) is 0 Å². The third-order valence-corrected chi connectivity index (χ3v) is 8.48. The van der Waals surface area contributed by atoms with Crippen LogP contribution in [0.15, 0.2) is 85.5 Å². The van der Waals surface area contributed by atoms with E-state index in [-0.39, 0.29) is 11.5 Å². The lowest BCUT2D eigenvalue weighted by Crippen LogP contribution is -2.34. The number of phenolic OH excluding ortho intramolecular Hbond substituents is 2. The van der Waals surface area contributed by atoms with E-state index in [9.17, 15) is 10.2 Å². The summed E-state index contributed by atoms with van der Waals surface area (Å²) in [6, 6.07) is 19.2. The molecule has 0 radical (unpaired) electrons. The quantitative estimate of drug-likeness (QED) is 0.105. The van der Waals surface area contributed by atoms with Gasteiger partial charge in [0.25, 0.3) is 0 Å². The summed E-state index contributed by atoms with van der Waals surface area (Å²) in [7, 11) is 3.79. The number of nitrogens with zero attached hydrogens (tertiary/aromatic N) is 2. The topological polar surface area (TPSA) is 66.7 Å². The predicted molar refractivity (Wildman–Crippen MR) is 158 cm³/mol. The Bertz CT molecular complexity index is 1450. The van der Waals surface area contributed by atoms with Crippen LogP contribution >= 0.6 is 21.6 Å². The van der Waals surface area contributed by atoms with Crippen molar-refractivity contribution in [2.45, 2.75) is 13.1 Å². The highest BCUT2D eigenvalue weighted by atomic mass is 33.1. The summed E-state index contributed by atoms with van der Waals surface area (Å²) >= 11 is 0. The number of hydrogen-bond donors (Lipinski definition) is 2. The van der Waals surface area contributed by atoms with E-state index in [1.165, 1.54) is 6.07 Å². The van der Waals surface area contributed by atoms with Crippen LogP contribution < -0.4 is 18.6 Å². The monoisotopic (exact) mass is 558 g/mol. The van der Waals surface area contributed by atoms with Crippen molar-refractivity contribution >= 4 is 45.9 Å². The molecular formula is C31H30N2O4S2+2.